The first-order valence-electron chi connectivity index (χ1n) is 12.9. The van der Waals surface area contributed by atoms with Crippen LogP contribution in [-0.4, -0.2) is 75.6 Å². The van der Waals surface area contributed by atoms with Gasteiger partial charge in [0.2, 0.25) is 0 Å². The number of hydrogen-bond donors (Lipinski definition) is 1. The molecule has 196 valence electrons. The third-order valence-electron chi connectivity index (χ3n) is 6.83. The molecule has 0 spiro atoms. The van der Waals surface area contributed by atoms with Gasteiger partial charge in [0.05, 0.1) is 25.4 Å². The molecule has 8 heteroatoms. The van der Waals surface area contributed by atoms with Gasteiger partial charge in [0.15, 0.2) is 0 Å². The highest BCUT2D eigenvalue weighted by Gasteiger charge is 2.24. The van der Waals surface area contributed by atoms with E-state index >= 15 is 0 Å². The van der Waals surface area contributed by atoms with Gasteiger partial charge >= 0.3 is 0 Å². The highest BCUT2D eigenvalue weighted by atomic mass is 19.1. The van der Waals surface area contributed by atoms with Crippen molar-refractivity contribution in [1.29, 1.82) is 0 Å². The summed E-state index contributed by atoms with van der Waals surface area (Å²) in [7, 11) is 0. The number of carbonyl (C=O) groups is 1. The number of anilines is 2. The van der Waals surface area contributed by atoms with Crippen molar-refractivity contribution in [2.45, 2.75) is 26.1 Å². The van der Waals surface area contributed by atoms with Crippen LogP contribution in [0.5, 0.6) is 5.75 Å². The zero-order valence-corrected chi connectivity index (χ0v) is 21.4. The largest absolute Gasteiger partial charge is 0.492 e. The average molecular weight is 508 g/mol. The van der Waals surface area contributed by atoms with Crippen molar-refractivity contribution in [2.24, 2.45) is 0 Å². The van der Waals surface area contributed by atoms with E-state index in [1.54, 1.807) is 6.07 Å². The summed E-state index contributed by atoms with van der Waals surface area (Å²) in [5, 5.41) is 4.77. The number of halogens is 1. The van der Waals surface area contributed by atoms with Crippen molar-refractivity contribution in [3.05, 3.63) is 66.0 Å². The second-order valence-corrected chi connectivity index (χ2v) is 9.77. The first kappa shape index (κ1) is 25.4. The van der Waals surface area contributed by atoms with Gasteiger partial charge in [0, 0.05) is 60.4 Å². The Balaban J connectivity index is 1.32. The van der Waals surface area contributed by atoms with E-state index in [-0.39, 0.29) is 23.7 Å². The van der Waals surface area contributed by atoms with Gasteiger partial charge in [-0.15, -0.1) is 0 Å². The van der Waals surface area contributed by atoms with Gasteiger partial charge in [0.1, 0.15) is 18.2 Å². The topological polar surface area (TPSA) is 63.3 Å². The quantitative estimate of drug-likeness (QED) is 0.506. The van der Waals surface area contributed by atoms with Gasteiger partial charge in [-0.05, 0) is 44.2 Å². The molecule has 1 amide bonds. The maximum atomic E-state index is 14.6. The number of nitrogens with one attached hydrogen (secondary N) is 1. The minimum atomic E-state index is -0.441. The molecule has 0 aromatic heterocycles. The monoisotopic (exact) mass is 507 g/mol. The molecule has 5 rings (SSSR count). The molecule has 3 aromatic rings. The van der Waals surface area contributed by atoms with E-state index < -0.39 is 5.82 Å². The number of nitrogens with zero attached hydrogens (tertiary/aromatic N) is 2. The highest BCUT2D eigenvalue weighted by molar-refractivity contribution is 6.10. The fourth-order valence-corrected chi connectivity index (χ4v) is 5.09. The molecule has 2 aliphatic heterocycles. The van der Waals surface area contributed by atoms with E-state index in [9.17, 15) is 9.18 Å². The molecule has 2 heterocycles. The molecule has 2 unspecified atom stereocenters. The smallest absolute Gasteiger partial charge is 0.255 e. The van der Waals surface area contributed by atoms with Crippen LogP contribution in [0.4, 0.5) is 15.8 Å². The molecule has 1 N–H and O–H groups in total. The summed E-state index contributed by atoms with van der Waals surface area (Å²) in [4.78, 5) is 17.6. The van der Waals surface area contributed by atoms with Gasteiger partial charge < -0.3 is 24.4 Å². The molecule has 2 atom stereocenters. The molecule has 3 aromatic carbocycles. The summed E-state index contributed by atoms with van der Waals surface area (Å²) >= 11 is 0. The second kappa shape index (κ2) is 11.5. The molecular weight excluding hydrogens is 473 g/mol. The lowest BCUT2D eigenvalue weighted by Gasteiger charge is -2.37. The van der Waals surface area contributed by atoms with Crippen molar-refractivity contribution in [3.8, 4) is 5.75 Å². The van der Waals surface area contributed by atoms with Crippen molar-refractivity contribution in [3.63, 3.8) is 0 Å². The maximum absolute atomic E-state index is 14.6. The number of fused-ring (bicyclic) bond motifs is 1. The molecule has 0 aliphatic carbocycles. The van der Waals surface area contributed by atoms with Crippen LogP contribution >= 0.6 is 0 Å². The van der Waals surface area contributed by atoms with Crippen molar-refractivity contribution in [2.75, 3.05) is 62.8 Å². The summed E-state index contributed by atoms with van der Waals surface area (Å²) in [6.07, 6.45) is 0.0653. The Morgan fingerprint density at radius 1 is 1.03 bits per heavy atom. The Hall–Kier alpha value is -3.20. The Labute approximate surface area is 217 Å². The second-order valence-electron chi connectivity index (χ2n) is 9.77. The highest BCUT2D eigenvalue weighted by Crippen LogP contribution is 2.32. The van der Waals surface area contributed by atoms with Gasteiger partial charge in [-0.2, -0.15) is 0 Å². The van der Waals surface area contributed by atoms with E-state index in [2.05, 4.69) is 15.1 Å². The van der Waals surface area contributed by atoms with E-state index in [4.69, 9.17) is 14.2 Å². The van der Waals surface area contributed by atoms with Crippen LogP contribution in [0.25, 0.3) is 10.8 Å². The number of morpholine rings is 2. The van der Waals surface area contributed by atoms with Crippen LogP contribution in [0, 0.1) is 5.82 Å². The zero-order valence-electron chi connectivity index (χ0n) is 21.4. The Bertz CT molecular complexity index is 1240. The molecule has 2 aliphatic rings. The summed E-state index contributed by atoms with van der Waals surface area (Å²) in [5.41, 5.74) is 1.61. The number of ether oxygens (including phenoxy) is 3. The minimum absolute atomic E-state index is 0.0326. The predicted molar refractivity (Wildman–Crippen MR) is 143 cm³/mol. The number of hydrogen-bond acceptors (Lipinski definition) is 6. The molecule has 2 fully saturated rings. The fraction of sp³-hybridized carbons (Fsp3) is 0.414. The lowest BCUT2D eigenvalue weighted by Crippen LogP contribution is -2.45. The van der Waals surface area contributed by atoms with E-state index in [1.165, 1.54) is 12.1 Å². The Morgan fingerprint density at radius 3 is 2.51 bits per heavy atom. The lowest BCUT2D eigenvalue weighted by atomic mass is 10.1. The summed E-state index contributed by atoms with van der Waals surface area (Å²) in [5.74, 6) is -0.0324. The Morgan fingerprint density at radius 2 is 1.76 bits per heavy atom. The van der Waals surface area contributed by atoms with Crippen LogP contribution < -0.4 is 15.0 Å². The number of carbonyl (C=O) groups excluding carboxylic acids is 1. The fourth-order valence-electron chi connectivity index (χ4n) is 5.09. The van der Waals surface area contributed by atoms with E-state index in [0.29, 0.717) is 31.1 Å². The third kappa shape index (κ3) is 6.21. The van der Waals surface area contributed by atoms with E-state index in [0.717, 1.165) is 49.4 Å². The van der Waals surface area contributed by atoms with Gasteiger partial charge in [-0.3, -0.25) is 9.69 Å². The number of rotatable bonds is 7. The standard InChI is InChI=1S/C29H34FN3O4/c1-20-18-33(19-21(2)37-20)24-16-22(15-23(30)17-24)29(34)31-27-7-8-28(26-6-4-3-5-25(26)27)36-14-11-32-9-12-35-13-10-32/h3-8,15-17,20-21H,9-14,18-19H2,1-2H3,(H,31,34). The Kier molecular flexibility index (Phi) is 7.88. The molecule has 37 heavy (non-hydrogen) atoms. The van der Waals surface area contributed by atoms with Crippen LogP contribution in [0.2, 0.25) is 0 Å². The lowest BCUT2D eigenvalue weighted by molar-refractivity contribution is -0.00523. The summed E-state index contributed by atoms with van der Waals surface area (Å²) in [6.45, 7) is 10.0. The van der Waals surface area contributed by atoms with Crippen LogP contribution in [0.1, 0.15) is 24.2 Å². The number of benzene rings is 3. The number of amides is 1. The van der Waals surface area contributed by atoms with Gasteiger partial charge in [0.25, 0.3) is 5.91 Å². The first-order chi connectivity index (χ1) is 18.0. The van der Waals surface area contributed by atoms with Crippen LogP contribution in [0.3, 0.4) is 0 Å². The predicted octanol–water partition coefficient (Wildman–Crippen LogP) is 4.56. The third-order valence-corrected chi connectivity index (χ3v) is 6.83. The van der Waals surface area contributed by atoms with E-state index in [1.807, 2.05) is 50.2 Å². The summed E-state index contributed by atoms with van der Waals surface area (Å²) < 4.78 is 31.9. The maximum Gasteiger partial charge on any atom is 0.255 e. The SMILES string of the molecule is CC1CN(c2cc(F)cc(C(=O)Nc3ccc(OCCN4CCOCC4)c4ccccc34)c2)CC(C)O1. The normalized spacial score (nSPS) is 20.7. The van der Waals surface area contributed by atoms with Crippen molar-refractivity contribution in [1.82, 2.24) is 4.90 Å². The van der Waals surface area contributed by atoms with Gasteiger partial charge in [-0.25, -0.2) is 4.39 Å². The molecular formula is C29H34FN3O4. The average Bonchev–Trinajstić information content (AvgIpc) is 2.89. The first-order valence-corrected chi connectivity index (χ1v) is 12.9. The summed E-state index contributed by atoms with van der Waals surface area (Å²) in [6, 6.07) is 16.0. The molecule has 0 saturated carbocycles. The van der Waals surface area contributed by atoms with Crippen molar-refractivity contribution >= 4 is 28.1 Å². The molecule has 7 nitrogen and oxygen atoms in total. The zero-order chi connectivity index (χ0) is 25.8. The molecule has 2 saturated heterocycles. The molecule has 0 radical (unpaired) electrons. The van der Waals surface area contributed by atoms with Crippen LogP contribution in [0.15, 0.2) is 54.6 Å². The van der Waals surface area contributed by atoms with Crippen molar-refractivity contribution < 1.29 is 23.4 Å². The minimum Gasteiger partial charge on any atom is -0.492 e. The van der Waals surface area contributed by atoms with Gasteiger partial charge in [-0.1, -0.05) is 24.3 Å². The van der Waals surface area contributed by atoms with Crippen LogP contribution in [-0.2, 0) is 9.47 Å². The molecule has 0 bridgehead atoms.